The highest BCUT2D eigenvalue weighted by Crippen LogP contribution is 2.35. The molecule has 2 atom stereocenters. The van der Waals surface area contributed by atoms with Gasteiger partial charge in [0.05, 0.1) is 40.2 Å². The van der Waals surface area contributed by atoms with Gasteiger partial charge < -0.3 is 19.5 Å². The molecule has 12 heteroatoms. The van der Waals surface area contributed by atoms with Gasteiger partial charge >= 0.3 is 0 Å². The van der Waals surface area contributed by atoms with Gasteiger partial charge in [-0.1, -0.05) is 47.5 Å². The number of benzene rings is 2. The number of anilines is 1. The number of fused-ring (bicyclic) bond motifs is 1. The minimum Gasteiger partial charge on any atom is -0.493 e. The van der Waals surface area contributed by atoms with E-state index >= 15 is 0 Å². The Bertz CT molecular complexity index is 1480. The van der Waals surface area contributed by atoms with Crippen LogP contribution in [0.25, 0.3) is 10.9 Å². The number of aromatic nitrogens is 2. The van der Waals surface area contributed by atoms with Gasteiger partial charge in [-0.2, -0.15) is 4.31 Å². The predicted octanol–water partition coefficient (Wildman–Crippen LogP) is 4.54. The SMILES string of the molecule is COc1cc2c(NC3C=C(Cl)C(Cl)=CC3)ncnc2cc1OCC1CN(S(=O)(=O)c2ccccc2)CCO1. The lowest BCUT2D eigenvalue weighted by Crippen LogP contribution is -2.47. The van der Waals surface area contributed by atoms with Gasteiger partial charge in [0.15, 0.2) is 11.5 Å². The van der Waals surface area contributed by atoms with Crippen LogP contribution in [0.15, 0.2) is 75.9 Å². The fourth-order valence-electron chi connectivity index (χ4n) is 4.32. The van der Waals surface area contributed by atoms with Crippen LogP contribution < -0.4 is 14.8 Å². The molecule has 0 saturated carbocycles. The second kappa shape index (κ2) is 11.5. The Balaban J connectivity index is 1.31. The Hall–Kier alpha value is -2.89. The molecule has 9 nitrogen and oxygen atoms in total. The van der Waals surface area contributed by atoms with Crippen molar-refractivity contribution in [2.24, 2.45) is 0 Å². The molecule has 0 bridgehead atoms. The van der Waals surface area contributed by atoms with Gasteiger partial charge in [0.2, 0.25) is 10.0 Å². The number of rotatable bonds is 8. The highest BCUT2D eigenvalue weighted by atomic mass is 35.5. The third-order valence-electron chi connectivity index (χ3n) is 6.28. The van der Waals surface area contributed by atoms with E-state index in [1.54, 1.807) is 49.6 Å². The monoisotopic (exact) mass is 576 g/mol. The summed E-state index contributed by atoms with van der Waals surface area (Å²) < 4.78 is 44.9. The number of methoxy groups -OCH3 is 1. The van der Waals surface area contributed by atoms with E-state index in [0.717, 1.165) is 5.39 Å². The topological polar surface area (TPSA) is 103 Å². The van der Waals surface area contributed by atoms with Crippen LogP contribution in [0.2, 0.25) is 0 Å². The first kappa shape index (κ1) is 26.7. The number of morpholine rings is 1. The molecule has 200 valence electrons. The zero-order chi connectivity index (χ0) is 26.7. The Morgan fingerprint density at radius 1 is 1.13 bits per heavy atom. The highest BCUT2D eigenvalue weighted by molar-refractivity contribution is 7.89. The van der Waals surface area contributed by atoms with Crippen LogP contribution in [-0.4, -0.2) is 68.2 Å². The van der Waals surface area contributed by atoms with Crippen LogP contribution in [0.1, 0.15) is 6.42 Å². The maximum atomic E-state index is 13.0. The summed E-state index contributed by atoms with van der Waals surface area (Å²) in [6, 6.07) is 11.9. The normalized spacial score (nSPS) is 20.5. The minimum absolute atomic E-state index is 0.0800. The standard InChI is InChI=1S/C26H26Cl2N4O5S/c1-35-24-12-20-23(29-16-30-26(20)31-17-7-8-21(27)22(28)11-17)13-25(24)37-15-18-14-32(9-10-36-18)38(33,34)19-5-3-2-4-6-19/h2-6,8,11-13,16-18H,7,9-10,14-15H2,1H3,(H,29,30,31). The fraction of sp³-hybridized carbons (Fsp3) is 0.308. The maximum Gasteiger partial charge on any atom is 0.243 e. The summed E-state index contributed by atoms with van der Waals surface area (Å²) >= 11 is 12.3. The lowest BCUT2D eigenvalue weighted by atomic mass is 10.1. The zero-order valence-corrected chi connectivity index (χ0v) is 22.8. The smallest absolute Gasteiger partial charge is 0.243 e. The molecule has 3 aromatic rings. The summed E-state index contributed by atoms with van der Waals surface area (Å²) in [5.41, 5.74) is 0.649. The van der Waals surface area contributed by atoms with E-state index in [1.807, 2.05) is 12.2 Å². The third-order valence-corrected chi connectivity index (χ3v) is 8.94. The average Bonchev–Trinajstić information content (AvgIpc) is 2.94. The molecule has 1 aliphatic carbocycles. The number of allylic oxidation sites excluding steroid dienone is 2. The molecule has 38 heavy (non-hydrogen) atoms. The second-order valence-electron chi connectivity index (χ2n) is 8.78. The number of ether oxygens (including phenoxy) is 3. The van der Waals surface area contributed by atoms with E-state index in [2.05, 4.69) is 15.3 Å². The molecule has 0 amide bonds. The summed E-state index contributed by atoms with van der Waals surface area (Å²) in [7, 11) is -2.07. The Morgan fingerprint density at radius 3 is 2.71 bits per heavy atom. The molecule has 5 rings (SSSR count). The zero-order valence-electron chi connectivity index (χ0n) is 20.5. The average molecular weight is 577 g/mol. The summed E-state index contributed by atoms with van der Waals surface area (Å²) in [4.78, 5) is 9.05. The van der Waals surface area contributed by atoms with E-state index in [0.29, 0.717) is 39.3 Å². The molecule has 1 aromatic heterocycles. The number of nitrogens with one attached hydrogen (secondary N) is 1. The molecule has 2 aliphatic rings. The van der Waals surface area contributed by atoms with Crippen molar-refractivity contribution in [3.8, 4) is 11.5 Å². The summed E-state index contributed by atoms with van der Waals surface area (Å²) in [5.74, 6) is 1.57. The van der Waals surface area contributed by atoms with Gasteiger partial charge in [-0.25, -0.2) is 18.4 Å². The van der Waals surface area contributed by atoms with Crippen LogP contribution >= 0.6 is 23.2 Å². The van der Waals surface area contributed by atoms with Gasteiger partial charge in [0.25, 0.3) is 0 Å². The summed E-state index contributed by atoms with van der Waals surface area (Å²) in [6.45, 7) is 0.872. The van der Waals surface area contributed by atoms with Crippen molar-refractivity contribution in [2.45, 2.75) is 23.5 Å². The fourth-order valence-corrected chi connectivity index (χ4v) is 6.17. The first-order valence-electron chi connectivity index (χ1n) is 12.0. The largest absolute Gasteiger partial charge is 0.493 e. The number of nitrogens with zero attached hydrogens (tertiary/aromatic N) is 3. The van der Waals surface area contributed by atoms with E-state index in [9.17, 15) is 8.42 Å². The van der Waals surface area contributed by atoms with Gasteiger partial charge in [-0.15, -0.1) is 0 Å². The molecule has 2 heterocycles. The quantitative estimate of drug-likeness (QED) is 0.417. The molecule has 1 N–H and O–H groups in total. The molecule has 0 radical (unpaired) electrons. The van der Waals surface area contributed by atoms with Crippen LogP contribution in [0, 0.1) is 0 Å². The second-order valence-corrected chi connectivity index (χ2v) is 11.5. The van der Waals surface area contributed by atoms with Gasteiger partial charge in [0.1, 0.15) is 24.9 Å². The van der Waals surface area contributed by atoms with Crippen molar-refractivity contribution >= 4 is 49.9 Å². The van der Waals surface area contributed by atoms with E-state index < -0.39 is 16.1 Å². The van der Waals surface area contributed by atoms with Gasteiger partial charge in [0, 0.05) is 24.5 Å². The maximum absolute atomic E-state index is 13.0. The Morgan fingerprint density at radius 2 is 1.95 bits per heavy atom. The molecule has 1 saturated heterocycles. The Kier molecular flexibility index (Phi) is 8.06. The minimum atomic E-state index is -3.62. The molecule has 1 fully saturated rings. The van der Waals surface area contributed by atoms with Crippen molar-refractivity contribution in [1.29, 1.82) is 0 Å². The summed E-state index contributed by atoms with van der Waals surface area (Å²) in [6.07, 6.45) is 5.38. The number of sulfonamides is 1. The van der Waals surface area contributed by atoms with E-state index in [4.69, 9.17) is 37.4 Å². The van der Waals surface area contributed by atoms with Crippen LogP contribution in [0.5, 0.6) is 11.5 Å². The van der Waals surface area contributed by atoms with Crippen LogP contribution in [0.4, 0.5) is 5.82 Å². The highest BCUT2D eigenvalue weighted by Gasteiger charge is 2.31. The Labute approximate surface area is 231 Å². The number of hydrogen-bond acceptors (Lipinski definition) is 8. The van der Waals surface area contributed by atoms with Gasteiger partial charge in [-0.05, 0) is 30.7 Å². The van der Waals surface area contributed by atoms with Crippen molar-refractivity contribution in [1.82, 2.24) is 14.3 Å². The molecule has 0 spiro atoms. The molecule has 1 aliphatic heterocycles. The first-order valence-corrected chi connectivity index (χ1v) is 14.2. The molecule has 2 aromatic carbocycles. The summed E-state index contributed by atoms with van der Waals surface area (Å²) in [5, 5.41) is 5.13. The van der Waals surface area contributed by atoms with E-state index in [1.165, 1.54) is 10.6 Å². The van der Waals surface area contributed by atoms with Crippen molar-refractivity contribution in [3.05, 3.63) is 71.0 Å². The third kappa shape index (κ3) is 5.74. The number of halogens is 2. The number of hydrogen-bond donors (Lipinski definition) is 1. The predicted molar refractivity (Wildman–Crippen MR) is 146 cm³/mol. The van der Waals surface area contributed by atoms with Crippen molar-refractivity contribution in [2.75, 3.05) is 38.7 Å². The molecular formula is C26H26Cl2N4O5S. The van der Waals surface area contributed by atoms with Gasteiger partial charge in [-0.3, -0.25) is 0 Å². The van der Waals surface area contributed by atoms with E-state index in [-0.39, 0.29) is 37.2 Å². The van der Waals surface area contributed by atoms with Crippen molar-refractivity contribution < 1.29 is 22.6 Å². The lowest BCUT2D eigenvalue weighted by Gasteiger charge is -2.32. The first-order chi connectivity index (χ1) is 18.3. The van der Waals surface area contributed by atoms with Crippen molar-refractivity contribution in [3.63, 3.8) is 0 Å². The lowest BCUT2D eigenvalue weighted by molar-refractivity contribution is -0.0252. The van der Waals surface area contributed by atoms with Crippen LogP contribution in [-0.2, 0) is 14.8 Å². The molecular weight excluding hydrogens is 551 g/mol. The molecule has 2 unspecified atom stereocenters. The van der Waals surface area contributed by atoms with Crippen LogP contribution in [0.3, 0.4) is 0 Å².